The number of aryl methyl sites for hydroxylation is 1. The average molecular weight is 369 g/mol. The Hall–Kier alpha value is -2.05. The molecule has 0 aliphatic carbocycles. The number of carbonyl (C=O) groups is 1. The molecule has 0 saturated carbocycles. The third-order valence-corrected chi connectivity index (χ3v) is 5.03. The minimum absolute atomic E-state index is 0.0499. The number of ether oxygens (including phenoxy) is 1. The van der Waals surface area contributed by atoms with Gasteiger partial charge in [-0.25, -0.2) is 0 Å². The molecule has 0 atom stereocenters. The zero-order valence-corrected chi connectivity index (χ0v) is 14.9. The number of methoxy groups -OCH3 is 1. The molecule has 0 aliphatic rings. The number of halogens is 1. The van der Waals surface area contributed by atoms with E-state index in [1.165, 1.54) is 26.2 Å². The van der Waals surface area contributed by atoms with E-state index in [0.717, 1.165) is 5.56 Å². The maximum atomic E-state index is 12.4. The zero-order chi connectivity index (χ0) is 17.7. The van der Waals surface area contributed by atoms with Crippen LogP contribution in [0.3, 0.4) is 0 Å². The van der Waals surface area contributed by atoms with Crippen molar-refractivity contribution >= 4 is 27.5 Å². The van der Waals surface area contributed by atoms with E-state index in [9.17, 15) is 13.2 Å². The molecule has 5 nitrogen and oxygen atoms in total. The number of benzene rings is 2. The number of hydrogen-bond acceptors (Lipinski definition) is 5. The van der Waals surface area contributed by atoms with E-state index in [1.807, 2.05) is 0 Å². The van der Waals surface area contributed by atoms with Crippen LogP contribution in [0.4, 0.5) is 0 Å². The summed E-state index contributed by atoms with van der Waals surface area (Å²) in [6, 6.07) is 10.8. The Morgan fingerprint density at radius 1 is 1.08 bits per heavy atom. The lowest BCUT2D eigenvalue weighted by molar-refractivity contribution is -0.116. The molecule has 0 radical (unpaired) electrons. The molecule has 2 rings (SSSR count). The summed E-state index contributed by atoms with van der Waals surface area (Å²) in [5.74, 6) is 0.632. The predicted molar refractivity (Wildman–Crippen MR) is 91.3 cm³/mol. The molecule has 0 amide bonds. The summed E-state index contributed by atoms with van der Waals surface area (Å²) in [6.07, 6.45) is 1.04. The first kappa shape index (κ1) is 18.3. The second-order valence-electron chi connectivity index (χ2n) is 5.18. The number of ketones is 1. The Morgan fingerprint density at radius 2 is 1.71 bits per heavy atom. The van der Waals surface area contributed by atoms with Gasteiger partial charge in [0.25, 0.3) is 0 Å². The molecular weight excluding hydrogens is 352 g/mol. The van der Waals surface area contributed by atoms with E-state index in [2.05, 4.69) is 0 Å². The third-order valence-electron chi connectivity index (χ3n) is 3.30. The molecule has 0 heterocycles. The van der Waals surface area contributed by atoms with Gasteiger partial charge in [-0.15, -0.1) is 0 Å². The highest BCUT2D eigenvalue weighted by atomic mass is 35.5. The van der Waals surface area contributed by atoms with Gasteiger partial charge >= 0.3 is 10.1 Å². The Morgan fingerprint density at radius 3 is 2.29 bits per heavy atom. The first-order chi connectivity index (χ1) is 11.3. The van der Waals surface area contributed by atoms with E-state index < -0.39 is 10.1 Å². The first-order valence-corrected chi connectivity index (χ1v) is 8.97. The van der Waals surface area contributed by atoms with Gasteiger partial charge in [-0.2, -0.15) is 8.42 Å². The van der Waals surface area contributed by atoms with Gasteiger partial charge in [-0.05, 0) is 43.2 Å². The molecule has 24 heavy (non-hydrogen) atoms. The highest BCUT2D eigenvalue weighted by Gasteiger charge is 2.21. The standard InChI is InChI=1S/C17H17ClO5S/c1-12(19)3-4-13-5-7-14(8-6-13)23-24(20,21)17-11-15(22-2)9-10-16(17)18/h5-11H,3-4H2,1-2H3. The van der Waals surface area contributed by atoms with Crippen molar-refractivity contribution in [2.75, 3.05) is 7.11 Å². The maximum absolute atomic E-state index is 12.4. The number of rotatable bonds is 7. The van der Waals surface area contributed by atoms with Crippen LogP contribution in [0.25, 0.3) is 0 Å². The molecule has 0 N–H and O–H groups in total. The summed E-state index contributed by atoms with van der Waals surface area (Å²) in [5, 5.41) is 0.0499. The van der Waals surface area contributed by atoms with Crippen LogP contribution in [0.15, 0.2) is 47.4 Å². The van der Waals surface area contributed by atoms with Crippen LogP contribution in [0.2, 0.25) is 5.02 Å². The molecule has 0 unspecified atom stereocenters. The molecule has 0 aliphatic heterocycles. The summed E-state index contributed by atoms with van der Waals surface area (Å²) < 4.78 is 34.9. The van der Waals surface area contributed by atoms with E-state index in [1.54, 1.807) is 30.3 Å². The van der Waals surface area contributed by atoms with Gasteiger partial charge in [-0.3, -0.25) is 0 Å². The lowest BCUT2D eigenvalue weighted by atomic mass is 10.1. The molecule has 128 valence electrons. The smallest absolute Gasteiger partial charge is 0.340 e. The number of hydrogen-bond donors (Lipinski definition) is 0. The van der Waals surface area contributed by atoms with Crippen molar-refractivity contribution in [2.45, 2.75) is 24.7 Å². The molecule has 0 aromatic heterocycles. The minimum atomic E-state index is -4.08. The van der Waals surface area contributed by atoms with Crippen LogP contribution >= 0.6 is 11.6 Å². The summed E-state index contributed by atoms with van der Waals surface area (Å²) in [6.45, 7) is 1.53. The van der Waals surface area contributed by atoms with Crippen molar-refractivity contribution in [3.05, 3.63) is 53.1 Å². The molecule has 2 aromatic rings. The molecule has 2 aromatic carbocycles. The number of Topliss-reactive ketones (excluding diaryl/α,β-unsaturated/α-hetero) is 1. The highest BCUT2D eigenvalue weighted by Crippen LogP contribution is 2.28. The predicted octanol–water partition coefficient (Wildman–Crippen LogP) is 3.64. The molecule has 0 bridgehead atoms. The molecule has 0 saturated heterocycles. The zero-order valence-electron chi connectivity index (χ0n) is 13.3. The van der Waals surface area contributed by atoms with Gasteiger partial charge < -0.3 is 13.7 Å². The lowest BCUT2D eigenvalue weighted by Gasteiger charge is -2.10. The minimum Gasteiger partial charge on any atom is -0.497 e. The second kappa shape index (κ2) is 7.68. The maximum Gasteiger partial charge on any atom is 0.340 e. The molecule has 0 spiro atoms. The van der Waals surface area contributed by atoms with Crippen molar-refractivity contribution in [1.82, 2.24) is 0 Å². The summed E-state index contributed by atoms with van der Waals surface area (Å²) in [7, 11) is -2.65. The van der Waals surface area contributed by atoms with Crippen molar-refractivity contribution in [1.29, 1.82) is 0 Å². The van der Waals surface area contributed by atoms with E-state index >= 15 is 0 Å². The second-order valence-corrected chi connectivity index (χ2v) is 7.10. The summed E-state index contributed by atoms with van der Waals surface area (Å²) in [5.41, 5.74) is 0.925. The van der Waals surface area contributed by atoms with Crippen molar-refractivity contribution in [3.8, 4) is 11.5 Å². The van der Waals surface area contributed by atoms with Crippen LogP contribution in [0, 0.1) is 0 Å². The Kier molecular flexibility index (Phi) is 5.85. The van der Waals surface area contributed by atoms with Crippen LogP contribution in [-0.2, 0) is 21.3 Å². The molecule has 7 heteroatoms. The largest absolute Gasteiger partial charge is 0.497 e. The fraction of sp³-hybridized carbons (Fsp3) is 0.235. The van der Waals surface area contributed by atoms with Gasteiger partial charge in [-0.1, -0.05) is 23.7 Å². The Labute approximate surface area is 146 Å². The van der Waals surface area contributed by atoms with Crippen LogP contribution in [0.5, 0.6) is 11.5 Å². The third kappa shape index (κ3) is 4.72. The van der Waals surface area contributed by atoms with E-state index in [4.69, 9.17) is 20.5 Å². The normalized spacial score (nSPS) is 11.1. The van der Waals surface area contributed by atoms with Gasteiger partial charge in [0.2, 0.25) is 0 Å². The quantitative estimate of drug-likeness (QED) is 0.698. The van der Waals surface area contributed by atoms with Crippen molar-refractivity contribution in [2.24, 2.45) is 0 Å². The molecule has 0 fully saturated rings. The first-order valence-electron chi connectivity index (χ1n) is 7.18. The van der Waals surface area contributed by atoms with Crippen LogP contribution in [-0.4, -0.2) is 21.3 Å². The van der Waals surface area contributed by atoms with Crippen molar-refractivity contribution < 1.29 is 22.1 Å². The van der Waals surface area contributed by atoms with Gasteiger partial charge in [0, 0.05) is 12.5 Å². The van der Waals surface area contributed by atoms with Gasteiger partial charge in [0.05, 0.1) is 12.1 Å². The fourth-order valence-corrected chi connectivity index (χ4v) is 3.43. The molecular formula is C17H17ClO5S. The topological polar surface area (TPSA) is 69.7 Å². The number of carbonyl (C=O) groups excluding carboxylic acids is 1. The summed E-state index contributed by atoms with van der Waals surface area (Å²) in [4.78, 5) is 10.8. The van der Waals surface area contributed by atoms with Crippen LogP contribution < -0.4 is 8.92 Å². The Balaban J connectivity index is 2.19. The van der Waals surface area contributed by atoms with Gasteiger partial charge in [0.1, 0.15) is 22.2 Å². The monoisotopic (exact) mass is 368 g/mol. The lowest BCUT2D eigenvalue weighted by Crippen LogP contribution is -2.10. The SMILES string of the molecule is COc1ccc(Cl)c(S(=O)(=O)Oc2ccc(CCC(C)=O)cc2)c1. The van der Waals surface area contributed by atoms with E-state index in [0.29, 0.717) is 18.6 Å². The van der Waals surface area contributed by atoms with Gasteiger partial charge in [0.15, 0.2) is 0 Å². The summed E-state index contributed by atoms with van der Waals surface area (Å²) >= 11 is 5.95. The Bertz CT molecular complexity index is 829. The highest BCUT2D eigenvalue weighted by molar-refractivity contribution is 7.87. The van der Waals surface area contributed by atoms with Crippen molar-refractivity contribution in [3.63, 3.8) is 0 Å². The van der Waals surface area contributed by atoms with E-state index in [-0.39, 0.29) is 21.5 Å². The average Bonchev–Trinajstić information content (AvgIpc) is 2.54. The fourth-order valence-electron chi connectivity index (χ4n) is 2.01. The van der Waals surface area contributed by atoms with Crippen LogP contribution in [0.1, 0.15) is 18.9 Å².